The summed E-state index contributed by atoms with van der Waals surface area (Å²) in [6.45, 7) is 7.96. The molecule has 176 valence electrons. The van der Waals surface area contributed by atoms with Crippen molar-refractivity contribution in [3.05, 3.63) is 69.0 Å². The standard InChI is InChI=1S/C25H33N5O3/c1-19-8-9-22(25(31)26-12-17-28-13-4-5-14-28)24(27-19)20-10-15-29(16-11-20)18-21-6-2-3-7-23(21)30(32)33/h2-3,6-9,20H,4-5,10-18H2,1H3,(H,26,31). The van der Waals surface area contributed by atoms with Gasteiger partial charge in [0.25, 0.3) is 11.6 Å². The van der Waals surface area contributed by atoms with Gasteiger partial charge in [0.1, 0.15) is 0 Å². The van der Waals surface area contributed by atoms with E-state index in [9.17, 15) is 14.9 Å². The predicted octanol–water partition coefficient (Wildman–Crippen LogP) is 3.50. The fraction of sp³-hybridized carbons (Fsp3) is 0.520. The molecule has 0 aliphatic carbocycles. The minimum atomic E-state index is -0.312. The van der Waals surface area contributed by atoms with Crippen LogP contribution in [0.3, 0.4) is 0 Å². The molecule has 2 fully saturated rings. The molecule has 0 radical (unpaired) electrons. The van der Waals surface area contributed by atoms with Crippen molar-refractivity contribution in [2.75, 3.05) is 39.3 Å². The van der Waals surface area contributed by atoms with Gasteiger partial charge in [0.15, 0.2) is 0 Å². The van der Waals surface area contributed by atoms with E-state index in [-0.39, 0.29) is 22.4 Å². The number of aromatic nitrogens is 1. The number of para-hydroxylation sites is 1. The maximum Gasteiger partial charge on any atom is 0.273 e. The van der Waals surface area contributed by atoms with Gasteiger partial charge in [-0.05, 0) is 70.9 Å². The second-order valence-corrected chi connectivity index (χ2v) is 9.13. The number of carbonyl (C=O) groups is 1. The lowest BCUT2D eigenvalue weighted by atomic mass is 9.89. The van der Waals surface area contributed by atoms with Crippen molar-refractivity contribution in [1.82, 2.24) is 20.1 Å². The Morgan fingerprint density at radius 2 is 1.82 bits per heavy atom. The molecule has 1 N–H and O–H groups in total. The number of aryl methyl sites for hydroxylation is 1. The van der Waals surface area contributed by atoms with Crippen LogP contribution in [0.25, 0.3) is 0 Å². The number of nitro groups is 1. The van der Waals surface area contributed by atoms with Crippen LogP contribution in [0.5, 0.6) is 0 Å². The number of hydrogen-bond acceptors (Lipinski definition) is 6. The third-order valence-corrected chi connectivity index (χ3v) is 6.78. The van der Waals surface area contributed by atoms with Crippen molar-refractivity contribution in [1.29, 1.82) is 0 Å². The number of pyridine rings is 1. The summed E-state index contributed by atoms with van der Waals surface area (Å²) >= 11 is 0. The highest BCUT2D eigenvalue weighted by atomic mass is 16.6. The number of benzene rings is 1. The van der Waals surface area contributed by atoms with E-state index in [1.807, 2.05) is 31.2 Å². The molecule has 0 atom stereocenters. The van der Waals surface area contributed by atoms with Crippen LogP contribution in [0, 0.1) is 17.0 Å². The van der Waals surface area contributed by atoms with Crippen LogP contribution in [-0.4, -0.2) is 64.9 Å². The summed E-state index contributed by atoms with van der Waals surface area (Å²) < 4.78 is 0. The van der Waals surface area contributed by atoms with Gasteiger partial charge in [-0.3, -0.25) is 24.8 Å². The number of nitrogens with zero attached hydrogens (tertiary/aromatic N) is 4. The van der Waals surface area contributed by atoms with Crippen LogP contribution >= 0.6 is 0 Å². The Bertz CT molecular complexity index is 982. The van der Waals surface area contributed by atoms with Gasteiger partial charge in [-0.15, -0.1) is 0 Å². The number of nitro benzene ring substituents is 1. The summed E-state index contributed by atoms with van der Waals surface area (Å²) in [4.78, 5) is 33.4. The smallest absolute Gasteiger partial charge is 0.273 e. The molecule has 1 aromatic carbocycles. The van der Waals surface area contributed by atoms with E-state index < -0.39 is 0 Å². The molecule has 0 saturated carbocycles. The van der Waals surface area contributed by atoms with E-state index in [2.05, 4.69) is 15.1 Å². The Kier molecular flexibility index (Phi) is 7.67. The first-order valence-electron chi connectivity index (χ1n) is 11.9. The maximum absolute atomic E-state index is 13.0. The number of rotatable bonds is 8. The quantitative estimate of drug-likeness (QED) is 0.488. The molecule has 0 spiro atoms. The van der Waals surface area contributed by atoms with Gasteiger partial charge in [-0.25, -0.2) is 0 Å². The zero-order chi connectivity index (χ0) is 23.2. The first-order valence-corrected chi connectivity index (χ1v) is 11.9. The van der Waals surface area contributed by atoms with Crippen molar-refractivity contribution in [2.24, 2.45) is 0 Å². The van der Waals surface area contributed by atoms with Crippen molar-refractivity contribution in [3.63, 3.8) is 0 Å². The minimum absolute atomic E-state index is 0.0426. The summed E-state index contributed by atoms with van der Waals surface area (Å²) in [6, 6.07) is 10.8. The minimum Gasteiger partial charge on any atom is -0.351 e. The molecular formula is C25H33N5O3. The van der Waals surface area contributed by atoms with Crippen molar-refractivity contribution in [3.8, 4) is 0 Å². The predicted molar refractivity (Wildman–Crippen MR) is 127 cm³/mol. The largest absolute Gasteiger partial charge is 0.351 e. The highest BCUT2D eigenvalue weighted by Crippen LogP contribution is 2.31. The number of amides is 1. The van der Waals surface area contributed by atoms with Crippen LogP contribution < -0.4 is 5.32 Å². The van der Waals surface area contributed by atoms with E-state index in [0.717, 1.165) is 62.5 Å². The third kappa shape index (κ3) is 5.94. The molecular weight excluding hydrogens is 418 g/mol. The Labute approximate surface area is 195 Å². The van der Waals surface area contributed by atoms with Crippen LogP contribution in [-0.2, 0) is 6.54 Å². The SMILES string of the molecule is Cc1ccc(C(=O)NCCN2CCCC2)c(C2CCN(Cc3ccccc3[N+](=O)[O-])CC2)n1. The fourth-order valence-electron chi connectivity index (χ4n) is 4.94. The van der Waals surface area contributed by atoms with Crippen molar-refractivity contribution in [2.45, 2.75) is 45.1 Å². The van der Waals surface area contributed by atoms with E-state index in [1.54, 1.807) is 12.1 Å². The summed E-state index contributed by atoms with van der Waals surface area (Å²) in [5, 5.41) is 14.4. The maximum atomic E-state index is 13.0. The monoisotopic (exact) mass is 451 g/mol. The summed E-state index contributed by atoms with van der Waals surface area (Å²) in [5.41, 5.74) is 3.40. The zero-order valence-corrected chi connectivity index (χ0v) is 19.3. The lowest BCUT2D eigenvalue weighted by Gasteiger charge is -2.32. The van der Waals surface area contributed by atoms with Gasteiger partial charge >= 0.3 is 0 Å². The summed E-state index contributed by atoms with van der Waals surface area (Å²) in [7, 11) is 0. The normalized spacial score (nSPS) is 17.8. The Morgan fingerprint density at radius 3 is 2.55 bits per heavy atom. The molecule has 4 rings (SSSR count). The van der Waals surface area contributed by atoms with Crippen molar-refractivity contribution < 1.29 is 9.72 Å². The highest BCUT2D eigenvalue weighted by Gasteiger charge is 2.27. The van der Waals surface area contributed by atoms with E-state index >= 15 is 0 Å². The second kappa shape index (κ2) is 10.9. The molecule has 0 bridgehead atoms. The summed E-state index contributed by atoms with van der Waals surface area (Å²) in [6.07, 6.45) is 4.25. The van der Waals surface area contributed by atoms with Gasteiger partial charge in [-0.1, -0.05) is 18.2 Å². The topological polar surface area (TPSA) is 91.6 Å². The van der Waals surface area contributed by atoms with Crippen molar-refractivity contribution >= 4 is 11.6 Å². The Balaban J connectivity index is 1.37. The average molecular weight is 452 g/mol. The van der Waals surface area contributed by atoms with Gasteiger partial charge in [0, 0.05) is 42.9 Å². The average Bonchev–Trinajstić information content (AvgIpc) is 3.33. The van der Waals surface area contributed by atoms with Crippen LogP contribution in [0.1, 0.15) is 58.9 Å². The first-order chi connectivity index (χ1) is 16.0. The van der Waals surface area contributed by atoms with Gasteiger partial charge < -0.3 is 10.2 Å². The first kappa shape index (κ1) is 23.3. The zero-order valence-electron chi connectivity index (χ0n) is 19.3. The molecule has 33 heavy (non-hydrogen) atoms. The van der Waals surface area contributed by atoms with Crippen LogP contribution in [0.2, 0.25) is 0 Å². The molecule has 2 aromatic rings. The number of likely N-dealkylation sites (tertiary alicyclic amines) is 2. The molecule has 3 heterocycles. The number of hydrogen-bond donors (Lipinski definition) is 1. The molecule has 8 nitrogen and oxygen atoms in total. The van der Waals surface area contributed by atoms with E-state index in [1.165, 1.54) is 12.8 Å². The molecule has 1 amide bonds. The lowest BCUT2D eigenvalue weighted by Crippen LogP contribution is -2.36. The number of nitrogens with one attached hydrogen (secondary N) is 1. The number of piperidine rings is 1. The summed E-state index contributed by atoms with van der Waals surface area (Å²) in [5.74, 6) is 0.172. The van der Waals surface area contributed by atoms with E-state index in [0.29, 0.717) is 18.7 Å². The molecule has 2 aliphatic rings. The van der Waals surface area contributed by atoms with E-state index in [4.69, 9.17) is 4.98 Å². The third-order valence-electron chi connectivity index (χ3n) is 6.78. The fourth-order valence-corrected chi connectivity index (χ4v) is 4.94. The molecule has 1 aromatic heterocycles. The Hall–Kier alpha value is -2.84. The second-order valence-electron chi connectivity index (χ2n) is 9.13. The van der Waals surface area contributed by atoms with Gasteiger partial charge in [-0.2, -0.15) is 0 Å². The van der Waals surface area contributed by atoms with Crippen LogP contribution in [0.4, 0.5) is 5.69 Å². The Morgan fingerprint density at radius 1 is 1.09 bits per heavy atom. The highest BCUT2D eigenvalue weighted by molar-refractivity contribution is 5.95. The van der Waals surface area contributed by atoms with Gasteiger partial charge in [0.05, 0.1) is 16.2 Å². The number of carbonyl (C=O) groups excluding carboxylic acids is 1. The molecule has 2 saturated heterocycles. The molecule has 8 heteroatoms. The van der Waals surface area contributed by atoms with Gasteiger partial charge in [0.2, 0.25) is 0 Å². The lowest BCUT2D eigenvalue weighted by molar-refractivity contribution is -0.385. The molecule has 2 aliphatic heterocycles. The molecule has 0 unspecified atom stereocenters. The van der Waals surface area contributed by atoms with Crippen LogP contribution in [0.15, 0.2) is 36.4 Å².